The molecule has 0 aliphatic carbocycles. The predicted octanol–water partition coefficient (Wildman–Crippen LogP) is 1.91. The van der Waals surface area contributed by atoms with Gasteiger partial charge in [0.25, 0.3) is 0 Å². The second-order valence-corrected chi connectivity index (χ2v) is 3.14. The highest BCUT2D eigenvalue weighted by atomic mass is 35.5. The van der Waals surface area contributed by atoms with Crippen LogP contribution >= 0.6 is 23.2 Å². The standard InChI is InChI=1S/C4H6O3.C2H4Cl2/c1-3(5)7-4(2)6;1-2(3)4/h1-2H3;2H,1H3. The summed E-state index contributed by atoms with van der Waals surface area (Å²) in [5.74, 6) is -1.12. The second kappa shape index (κ2) is 7.82. The number of halogens is 2. The number of carbonyl (C=O) groups excluding carboxylic acids is 2. The maximum atomic E-state index is 9.81. The van der Waals surface area contributed by atoms with Crippen molar-refractivity contribution in [3.05, 3.63) is 0 Å². The minimum absolute atomic E-state index is 0.222. The molecule has 0 atom stereocenters. The van der Waals surface area contributed by atoms with Crippen LogP contribution in [-0.4, -0.2) is 16.8 Å². The molecule has 0 aromatic rings. The van der Waals surface area contributed by atoms with Crippen molar-refractivity contribution in [2.75, 3.05) is 0 Å². The van der Waals surface area contributed by atoms with Crippen LogP contribution in [0.25, 0.3) is 0 Å². The fourth-order valence-electron chi connectivity index (χ4n) is 0.202. The van der Waals surface area contributed by atoms with E-state index in [1.807, 2.05) is 0 Å². The van der Waals surface area contributed by atoms with Gasteiger partial charge in [0.1, 0.15) is 4.84 Å². The van der Waals surface area contributed by atoms with E-state index in [9.17, 15) is 9.59 Å². The summed E-state index contributed by atoms with van der Waals surface area (Å²) >= 11 is 10.1. The molecule has 0 spiro atoms. The molecule has 0 fully saturated rings. The number of ether oxygens (including phenoxy) is 1. The smallest absolute Gasteiger partial charge is 0.310 e. The van der Waals surface area contributed by atoms with Gasteiger partial charge in [0.2, 0.25) is 0 Å². The molecule has 0 heterocycles. The van der Waals surface area contributed by atoms with Crippen LogP contribution < -0.4 is 0 Å². The van der Waals surface area contributed by atoms with Crippen molar-refractivity contribution in [1.82, 2.24) is 0 Å². The molecule has 0 radical (unpaired) electrons. The maximum Gasteiger partial charge on any atom is 0.310 e. The first-order chi connectivity index (χ1) is 4.86. The van der Waals surface area contributed by atoms with E-state index in [1.54, 1.807) is 6.92 Å². The molecule has 0 N–H and O–H groups in total. The highest BCUT2D eigenvalue weighted by Crippen LogP contribution is 1.95. The summed E-state index contributed by atoms with van der Waals surface area (Å²) in [4.78, 5) is 19.4. The van der Waals surface area contributed by atoms with Crippen LogP contribution in [0, 0.1) is 0 Å². The van der Waals surface area contributed by atoms with Crippen LogP contribution in [0.1, 0.15) is 20.8 Å². The third-order valence-corrected chi connectivity index (χ3v) is 0.287. The Labute approximate surface area is 75.6 Å². The fourth-order valence-corrected chi connectivity index (χ4v) is 0.202. The van der Waals surface area contributed by atoms with Gasteiger partial charge in [-0.3, -0.25) is 9.59 Å². The lowest BCUT2D eigenvalue weighted by atomic mass is 10.7. The zero-order valence-corrected chi connectivity index (χ0v) is 8.07. The van der Waals surface area contributed by atoms with E-state index in [4.69, 9.17) is 23.2 Å². The zero-order valence-electron chi connectivity index (χ0n) is 6.56. The number of carbonyl (C=O) groups is 2. The lowest BCUT2D eigenvalue weighted by Gasteiger charge is -1.87. The summed E-state index contributed by atoms with van der Waals surface area (Å²) in [7, 11) is 0. The first-order valence-corrected chi connectivity index (χ1v) is 3.70. The number of esters is 2. The van der Waals surface area contributed by atoms with Gasteiger partial charge in [-0.15, -0.1) is 23.2 Å². The Bertz CT molecular complexity index is 119. The highest BCUT2D eigenvalue weighted by molar-refractivity contribution is 6.43. The minimum atomic E-state index is -0.562. The van der Waals surface area contributed by atoms with Gasteiger partial charge in [-0.2, -0.15) is 0 Å². The molecule has 0 saturated carbocycles. The molecule has 5 heteroatoms. The van der Waals surface area contributed by atoms with Crippen LogP contribution in [0.2, 0.25) is 0 Å². The number of rotatable bonds is 0. The van der Waals surface area contributed by atoms with Gasteiger partial charge < -0.3 is 4.74 Å². The van der Waals surface area contributed by atoms with Crippen molar-refractivity contribution in [3.63, 3.8) is 0 Å². The van der Waals surface area contributed by atoms with Crippen molar-refractivity contribution in [2.45, 2.75) is 25.6 Å². The van der Waals surface area contributed by atoms with E-state index in [-0.39, 0.29) is 4.84 Å². The summed E-state index contributed by atoms with van der Waals surface area (Å²) in [6.07, 6.45) is 0. The molecule has 0 aromatic heterocycles. The molecular weight excluding hydrogens is 191 g/mol. The molecule has 0 rings (SSSR count). The third-order valence-electron chi connectivity index (χ3n) is 0.287. The zero-order chi connectivity index (χ0) is 9.44. The van der Waals surface area contributed by atoms with E-state index in [1.165, 1.54) is 13.8 Å². The third kappa shape index (κ3) is 41.9. The molecule has 0 aliphatic heterocycles. The van der Waals surface area contributed by atoms with Crippen molar-refractivity contribution in [2.24, 2.45) is 0 Å². The summed E-state index contributed by atoms with van der Waals surface area (Å²) in [6.45, 7) is 4.06. The molecule has 0 amide bonds. The minimum Gasteiger partial charge on any atom is -0.394 e. The lowest BCUT2D eigenvalue weighted by molar-refractivity contribution is -0.156. The normalized spacial score (nSPS) is 8.18. The van der Waals surface area contributed by atoms with Gasteiger partial charge in [-0.05, 0) is 6.92 Å². The van der Waals surface area contributed by atoms with Crippen LogP contribution in [0.4, 0.5) is 0 Å². The molecular formula is C6H10Cl2O3. The van der Waals surface area contributed by atoms with Crippen LogP contribution in [0.15, 0.2) is 0 Å². The van der Waals surface area contributed by atoms with E-state index in [0.29, 0.717) is 0 Å². The lowest BCUT2D eigenvalue weighted by Crippen LogP contribution is -2.03. The summed E-state index contributed by atoms with van der Waals surface area (Å²) in [5, 5.41) is 0. The van der Waals surface area contributed by atoms with Gasteiger partial charge >= 0.3 is 11.9 Å². The average Bonchev–Trinajstić information content (AvgIpc) is 1.56. The Balaban J connectivity index is 0. The molecule has 0 saturated heterocycles. The van der Waals surface area contributed by atoms with E-state index >= 15 is 0 Å². The van der Waals surface area contributed by atoms with E-state index < -0.39 is 11.9 Å². The second-order valence-electron chi connectivity index (χ2n) is 1.60. The molecule has 0 aliphatic rings. The molecule has 0 aromatic carbocycles. The van der Waals surface area contributed by atoms with Gasteiger partial charge in [-0.1, -0.05) is 0 Å². The number of alkyl halides is 2. The molecule has 0 unspecified atom stereocenters. The Morgan fingerprint density at radius 3 is 1.36 bits per heavy atom. The summed E-state index contributed by atoms with van der Waals surface area (Å²) < 4.78 is 3.97. The SMILES string of the molecule is CC(=O)OC(C)=O.CC(Cl)Cl. The Morgan fingerprint density at radius 2 is 1.36 bits per heavy atom. The largest absolute Gasteiger partial charge is 0.394 e. The van der Waals surface area contributed by atoms with Crippen LogP contribution in [0.3, 0.4) is 0 Å². The first kappa shape index (κ1) is 13.3. The van der Waals surface area contributed by atoms with Gasteiger partial charge in [0, 0.05) is 13.8 Å². The van der Waals surface area contributed by atoms with Gasteiger partial charge in [0.05, 0.1) is 0 Å². The first-order valence-electron chi connectivity index (χ1n) is 2.83. The monoisotopic (exact) mass is 200 g/mol. The van der Waals surface area contributed by atoms with Gasteiger partial charge in [-0.25, -0.2) is 0 Å². The van der Waals surface area contributed by atoms with E-state index in [2.05, 4.69) is 4.74 Å². The van der Waals surface area contributed by atoms with Crippen molar-refractivity contribution in [1.29, 1.82) is 0 Å². The Morgan fingerprint density at radius 1 is 1.18 bits per heavy atom. The van der Waals surface area contributed by atoms with Crippen molar-refractivity contribution >= 4 is 35.1 Å². The molecule has 66 valence electrons. The number of hydrogen-bond acceptors (Lipinski definition) is 3. The molecule has 0 bridgehead atoms. The Hall–Kier alpha value is -0.280. The predicted molar refractivity (Wildman–Crippen MR) is 43.6 cm³/mol. The number of hydrogen-bond donors (Lipinski definition) is 0. The Kier molecular flexibility index (Phi) is 9.47. The van der Waals surface area contributed by atoms with E-state index in [0.717, 1.165) is 0 Å². The quantitative estimate of drug-likeness (QED) is 0.341. The van der Waals surface area contributed by atoms with Crippen LogP contribution in [-0.2, 0) is 14.3 Å². The fraction of sp³-hybridized carbons (Fsp3) is 0.667. The summed E-state index contributed by atoms with van der Waals surface area (Å²) in [5.41, 5.74) is 0. The molecule has 11 heavy (non-hydrogen) atoms. The maximum absolute atomic E-state index is 9.81. The van der Waals surface area contributed by atoms with Crippen molar-refractivity contribution in [3.8, 4) is 0 Å². The topological polar surface area (TPSA) is 43.4 Å². The molecule has 3 nitrogen and oxygen atoms in total. The van der Waals surface area contributed by atoms with Crippen LogP contribution in [0.5, 0.6) is 0 Å². The summed E-state index contributed by atoms with van der Waals surface area (Å²) in [6, 6.07) is 0. The highest BCUT2D eigenvalue weighted by Gasteiger charge is 1.93. The van der Waals surface area contributed by atoms with Crippen molar-refractivity contribution < 1.29 is 14.3 Å². The average molecular weight is 201 g/mol. The van der Waals surface area contributed by atoms with Gasteiger partial charge in [0.15, 0.2) is 0 Å².